The van der Waals surface area contributed by atoms with Gasteiger partial charge in [-0.1, -0.05) is 30.7 Å². The summed E-state index contributed by atoms with van der Waals surface area (Å²) >= 11 is 5.08. The smallest absolute Gasteiger partial charge is 0.418 e. The van der Waals surface area contributed by atoms with Crippen LogP contribution in [0, 0.1) is 0 Å². The predicted molar refractivity (Wildman–Crippen MR) is 144 cm³/mol. The second kappa shape index (κ2) is 14.8. The minimum atomic E-state index is -4.47. The monoisotopic (exact) mass is 536 g/mol. The zero-order valence-electron chi connectivity index (χ0n) is 20.9. The van der Waals surface area contributed by atoms with Gasteiger partial charge in [-0.15, -0.1) is 0 Å². The number of benzene rings is 2. The minimum absolute atomic E-state index is 0.0780. The third-order valence-electron chi connectivity index (χ3n) is 6.01. The normalized spacial score (nSPS) is 14.1. The van der Waals surface area contributed by atoms with Crippen LogP contribution in [-0.4, -0.2) is 48.7 Å². The first-order valence-electron chi connectivity index (χ1n) is 12.7. The van der Waals surface area contributed by atoms with Crippen molar-refractivity contribution in [3.63, 3.8) is 0 Å². The van der Waals surface area contributed by atoms with Crippen LogP contribution in [0.1, 0.15) is 49.7 Å². The zero-order valence-corrected chi connectivity index (χ0v) is 21.7. The molecular weight excluding hydrogens is 501 g/mol. The van der Waals surface area contributed by atoms with Crippen molar-refractivity contribution in [3.8, 4) is 5.75 Å². The predicted octanol–water partition coefficient (Wildman–Crippen LogP) is 5.34. The number of amides is 1. The number of hydrogen-bond acceptors (Lipinski definition) is 4. The average molecular weight is 537 g/mol. The van der Waals surface area contributed by atoms with Crippen LogP contribution >= 0.6 is 12.2 Å². The Balaban J connectivity index is 1.24. The van der Waals surface area contributed by atoms with E-state index in [0.29, 0.717) is 32.5 Å². The number of hydrogen-bond donors (Lipinski definition) is 3. The Morgan fingerprint density at radius 1 is 0.973 bits per heavy atom. The van der Waals surface area contributed by atoms with Crippen LogP contribution in [0.3, 0.4) is 0 Å². The van der Waals surface area contributed by atoms with Crippen molar-refractivity contribution in [3.05, 3.63) is 59.7 Å². The van der Waals surface area contributed by atoms with Gasteiger partial charge in [0.05, 0.1) is 17.9 Å². The first kappa shape index (κ1) is 28.7. The second-order valence-electron chi connectivity index (χ2n) is 9.06. The summed E-state index contributed by atoms with van der Waals surface area (Å²) in [5.41, 5.74) is 0.356. The standard InChI is InChI=1S/C27H35F3N4O2S/c28-27(29,30)23-11-2-3-12-24(23)33-26(37)32-14-7-13-25(35)31-15-8-18-36-22-10-6-9-21(19-22)20-34-16-4-1-5-17-34/h2-3,6,9-12,19H,1,4-5,7-8,13-18,20H2,(H,31,35)(H2,32,33,37). The molecule has 0 aromatic heterocycles. The summed E-state index contributed by atoms with van der Waals surface area (Å²) in [4.78, 5) is 14.5. The lowest BCUT2D eigenvalue weighted by molar-refractivity contribution is -0.137. The molecule has 202 valence electrons. The number of thiocarbonyl (C=S) groups is 1. The molecule has 3 N–H and O–H groups in total. The van der Waals surface area contributed by atoms with Crippen molar-refractivity contribution >= 4 is 28.9 Å². The molecule has 1 heterocycles. The van der Waals surface area contributed by atoms with Gasteiger partial charge in [0.1, 0.15) is 5.75 Å². The first-order chi connectivity index (χ1) is 17.8. The number of halogens is 3. The Morgan fingerprint density at radius 2 is 1.73 bits per heavy atom. The molecule has 0 spiro atoms. The van der Waals surface area contributed by atoms with Gasteiger partial charge >= 0.3 is 6.18 Å². The SMILES string of the molecule is O=C(CCCNC(=S)Nc1ccccc1C(F)(F)F)NCCCOc1cccc(CN2CCCCC2)c1. The van der Waals surface area contributed by atoms with E-state index in [9.17, 15) is 18.0 Å². The molecule has 1 aliphatic rings. The van der Waals surface area contributed by atoms with Gasteiger partial charge in [0.25, 0.3) is 0 Å². The largest absolute Gasteiger partial charge is 0.494 e. The molecule has 0 aliphatic carbocycles. The molecule has 10 heteroatoms. The number of likely N-dealkylation sites (tertiary alicyclic amines) is 1. The summed E-state index contributed by atoms with van der Waals surface area (Å²) in [7, 11) is 0. The summed E-state index contributed by atoms with van der Waals surface area (Å²) < 4.78 is 45.1. The molecule has 0 unspecified atom stereocenters. The van der Waals surface area contributed by atoms with E-state index in [1.807, 2.05) is 12.1 Å². The molecule has 0 radical (unpaired) electrons. The molecule has 37 heavy (non-hydrogen) atoms. The summed E-state index contributed by atoms with van der Waals surface area (Å²) in [6, 6.07) is 13.3. The molecule has 2 aromatic rings. The fourth-order valence-electron chi connectivity index (χ4n) is 4.14. The van der Waals surface area contributed by atoms with Crippen LogP contribution < -0.4 is 20.7 Å². The highest BCUT2D eigenvalue weighted by atomic mass is 32.1. The fourth-order valence-corrected chi connectivity index (χ4v) is 4.36. The zero-order chi connectivity index (χ0) is 26.5. The third kappa shape index (κ3) is 10.6. The molecule has 0 atom stereocenters. The molecule has 0 bridgehead atoms. The number of piperidine rings is 1. The van der Waals surface area contributed by atoms with E-state index in [1.54, 1.807) is 0 Å². The fraction of sp³-hybridized carbons (Fsp3) is 0.481. The number of rotatable bonds is 12. The number of carbonyl (C=O) groups is 1. The first-order valence-corrected chi connectivity index (χ1v) is 13.1. The number of alkyl halides is 3. The van der Waals surface area contributed by atoms with Gasteiger partial charge in [0.15, 0.2) is 5.11 Å². The molecule has 3 rings (SSSR count). The van der Waals surface area contributed by atoms with E-state index in [4.69, 9.17) is 17.0 Å². The molecular formula is C27H35F3N4O2S. The lowest BCUT2D eigenvalue weighted by Crippen LogP contribution is -2.31. The third-order valence-corrected chi connectivity index (χ3v) is 6.26. The Labute approximate surface area is 221 Å². The van der Waals surface area contributed by atoms with Crippen molar-refractivity contribution in [1.29, 1.82) is 0 Å². The van der Waals surface area contributed by atoms with Gasteiger partial charge in [-0.3, -0.25) is 9.69 Å². The van der Waals surface area contributed by atoms with Gasteiger partial charge in [0, 0.05) is 26.1 Å². The lowest BCUT2D eigenvalue weighted by atomic mass is 10.1. The minimum Gasteiger partial charge on any atom is -0.494 e. The summed E-state index contributed by atoms with van der Waals surface area (Å²) in [6.07, 6.45) is 0.852. The molecule has 1 aliphatic heterocycles. The van der Waals surface area contributed by atoms with Gasteiger partial charge in [0.2, 0.25) is 5.91 Å². The number of carbonyl (C=O) groups excluding carboxylic acids is 1. The van der Waals surface area contributed by atoms with Crippen LogP contribution in [0.5, 0.6) is 5.75 Å². The quantitative estimate of drug-likeness (QED) is 0.251. The van der Waals surface area contributed by atoms with E-state index in [2.05, 4.69) is 33.0 Å². The van der Waals surface area contributed by atoms with Gasteiger partial charge in [-0.2, -0.15) is 13.2 Å². The Bertz CT molecular complexity index is 1010. The van der Waals surface area contributed by atoms with Crippen LogP contribution in [0.15, 0.2) is 48.5 Å². The number of nitrogens with zero attached hydrogens (tertiary/aromatic N) is 1. The highest BCUT2D eigenvalue weighted by Gasteiger charge is 2.33. The summed E-state index contributed by atoms with van der Waals surface area (Å²) in [5.74, 6) is 0.751. The molecule has 1 fully saturated rings. The van der Waals surface area contributed by atoms with E-state index in [-0.39, 0.29) is 23.1 Å². The summed E-state index contributed by atoms with van der Waals surface area (Å²) in [6.45, 7) is 4.64. The number of ether oxygens (including phenoxy) is 1. The number of anilines is 1. The van der Waals surface area contributed by atoms with Crippen molar-refractivity contribution < 1.29 is 22.7 Å². The Kier molecular flexibility index (Phi) is 11.5. The van der Waals surface area contributed by atoms with Gasteiger partial charge < -0.3 is 20.7 Å². The molecule has 2 aromatic carbocycles. The highest BCUT2D eigenvalue weighted by molar-refractivity contribution is 7.80. The van der Waals surface area contributed by atoms with Crippen LogP contribution in [0.4, 0.5) is 18.9 Å². The Morgan fingerprint density at radius 3 is 2.51 bits per heavy atom. The number of nitrogens with one attached hydrogen (secondary N) is 3. The second-order valence-corrected chi connectivity index (χ2v) is 9.47. The molecule has 6 nitrogen and oxygen atoms in total. The van der Waals surface area contributed by atoms with E-state index in [1.165, 1.54) is 43.0 Å². The maximum atomic E-state index is 13.1. The van der Waals surface area contributed by atoms with Gasteiger partial charge in [-0.05, 0) is 80.8 Å². The van der Waals surface area contributed by atoms with Crippen molar-refractivity contribution in [2.45, 2.75) is 51.2 Å². The molecule has 0 saturated carbocycles. The van der Waals surface area contributed by atoms with E-state index in [0.717, 1.165) is 31.5 Å². The van der Waals surface area contributed by atoms with Crippen LogP contribution in [0.25, 0.3) is 0 Å². The summed E-state index contributed by atoms with van der Waals surface area (Å²) in [5, 5.41) is 8.35. The molecule has 1 amide bonds. The van der Waals surface area contributed by atoms with Crippen molar-refractivity contribution in [2.75, 3.05) is 38.1 Å². The van der Waals surface area contributed by atoms with E-state index >= 15 is 0 Å². The average Bonchev–Trinajstić information content (AvgIpc) is 2.87. The van der Waals surface area contributed by atoms with Crippen molar-refractivity contribution in [2.24, 2.45) is 0 Å². The van der Waals surface area contributed by atoms with Crippen LogP contribution in [-0.2, 0) is 17.5 Å². The van der Waals surface area contributed by atoms with Crippen LogP contribution in [0.2, 0.25) is 0 Å². The van der Waals surface area contributed by atoms with Gasteiger partial charge in [-0.25, -0.2) is 0 Å². The maximum absolute atomic E-state index is 13.1. The highest BCUT2D eigenvalue weighted by Crippen LogP contribution is 2.34. The number of para-hydroxylation sites is 1. The maximum Gasteiger partial charge on any atom is 0.418 e. The Hall–Kier alpha value is -2.85. The lowest BCUT2D eigenvalue weighted by Gasteiger charge is -2.26. The van der Waals surface area contributed by atoms with Crippen molar-refractivity contribution in [1.82, 2.24) is 15.5 Å². The topological polar surface area (TPSA) is 65.6 Å². The van der Waals surface area contributed by atoms with E-state index < -0.39 is 11.7 Å². The molecule has 1 saturated heterocycles.